The Hall–Kier alpha value is -1.51. The highest BCUT2D eigenvalue weighted by Gasteiger charge is 2.20. The Kier molecular flexibility index (Phi) is 4.83. The molecule has 0 radical (unpaired) electrons. The molecular weight excluding hydrogens is 238 g/mol. The van der Waals surface area contributed by atoms with Gasteiger partial charge in [-0.3, -0.25) is 4.79 Å². The minimum absolute atomic E-state index is 0.00205. The maximum atomic E-state index is 11.9. The zero-order valence-electron chi connectivity index (χ0n) is 11.9. The Labute approximate surface area is 115 Å². The molecule has 0 bridgehead atoms. The molecule has 1 fully saturated rings. The molecule has 3 nitrogen and oxygen atoms in total. The molecule has 0 spiro atoms. The van der Waals surface area contributed by atoms with Crippen molar-refractivity contribution in [3.63, 3.8) is 0 Å². The predicted octanol–water partition coefficient (Wildman–Crippen LogP) is 3.49. The summed E-state index contributed by atoms with van der Waals surface area (Å²) in [7, 11) is 1.70. The summed E-state index contributed by atoms with van der Waals surface area (Å²) in [5.41, 5.74) is 1.94. The number of ether oxygens (including phenoxy) is 1. The number of hydrogen-bond acceptors (Lipinski definition) is 2. The van der Waals surface area contributed by atoms with Gasteiger partial charge < -0.3 is 10.1 Å². The molecule has 1 aliphatic carbocycles. The smallest absolute Gasteiger partial charge is 0.251 e. The van der Waals surface area contributed by atoms with Crippen molar-refractivity contribution in [1.29, 1.82) is 0 Å². The van der Waals surface area contributed by atoms with Gasteiger partial charge in [-0.1, -0.05) is 19.3 Å². The van der Waals surface area contributed by atoms with Gasteiger partial charge in [0.2, 0.25) is 0 Å². The minimum Gasteiger partial charge on any atom is -0.496 e. The SMILES string of the molecule is CCNC(=O)c1ccc(OC)c(C2CCCCC2)c1. The van der Waals surface area contributed by atoms with Crippen LogP contribution in [0.5, 0.6) is 5.75 Å². The zero-order chi connectivity index (χ0) is 13.7. The Morgan fingerprint density at radius 1 is 1.32 bits per heavy atom. The number of carbonyl (C=O) groups excluding carboxylic acids is 1. The molecule has 1 saturated carbocycles. The van der Waals surface area contributed by atoms with Crippen molar-refractivity contribution < 1.29 is 9.53 Å². The molecule has 0 atom stereocenters. The van der Waals surface area contributed by atoms with Gasteiger partial charge in [0.05, 0.1) is 7.11 Å². The standard InChI is InChI=1S/C16H23NO2/c1-3-17-16(18)13-9-10-15(19-2)14(11-13)12-7-5-4-6-8-12/h9-12H,3-8H2,1-2H3,(H,17,18). The second-order valence-electron chi connectivity index (χ2n) is 5.15. The Bertz CT molecular complexity index is 436. The molecule has 0 heterocycles. The van der Waals surface area contributed by atoms with Crippen LogP contribution in [-0.2, 0) is 0 Å². The monoisotopic (exact) mass is 261 g/mol. The van der Waals surface area contributed by atoms with Crippen molar-refractivity contribution in [3.8, 4) is 5.75 Å². The van der Waals surface area contributed by atoms with Crippen LogP contribution < -0.4 is 10.1 Å². The first-order chi connectivity index (χ1) is 9.26. The molecule has 0 saturated heterocycles. The van der Waals surface area contributed by atoms with Crippen LogP contribution in [0.2, 0.25) is 0 Å². The average Bonchev–Trinajstić information content (AvgIpc) is 2.47. The number of nitrogens with one attached hydrogen (secondary N) is 1. The molecule has 1 aliphatic rings. The zero-order valence-corrected chi connectivity index (χ0v) is 11.9. The van der Waals surface area contributed by atoms with Crippen molar-refractivity contribution >= 4 is 5.91 Å². The minimum atomic E-state index is 0.00205. The molecule has 104 valence electrons. The van der Waals surface area contributed by atoms with Gasteiger partial charge in [-0.2, -0.15) is 0 Å². The van der Waals surface area contributed by atoms with E-state index in [1.165, 1.54) is 37.7 Å². The summed E-state index contributed by atoms with van der Waals surface area (Å²) in [5.74, 6) is 1.46. The van der Waals surface area contributed by atoms with E-state index in [4.69, 9.17) is 4.74 Å². The van der Waals surface area contributed by atoms with Crippen molar-refractivity contribution in [2.45, 2.75) is 44.9 Å². The Morgan fingerprint density at radius 2 is 2.05 bits per heavy atom. The third-order valence-corrected chi connectivity index (χ3v) is 3.87. The van der Waals surface area contributed by atoms with Crippen LogP contribution in [0.25, 0.3) is 0 Å². The van der Waals surface area contributed by atoms with Gasteiger partial charge in [0.15, 0.2) is 0 Å². The molecule has 1 aromatic rings. The van der Waals surface area contributed by atoms with Gasteiger partial charge in [0, 0.05) is 12.1 Å². The van der Waals surface area contributed by atoms with E-state index in [-0.39, 0.29) is 5.91 Å². The largest absolute Gasteiger partial charge is 0.496 e. The van der Waals surface area contributed by atoms with E-state index in [2.05, 4.69) is 5.32 Å². The maximum Gasteiger partial charge on any atom is 0.251 e. The van der Waals surface area contributed by atoms with Crippen LogP contribution in [0.3, 0.4) is 0 Å². The van der Waals surface area contributed by atoms with Crippen molar-refractivity contribution in [2.24, 2.45) is 0 Å². The fourth-order valence-corrected chi connectivity index (χ4v) is 2.87. The van der Waals surface area contributed by atoms with Gasteiger partial charge in [-0.05, 0) is 49.4 Å². The van der Waals surface area contributed by atoms with E-state index in [9.17, 15) is 4.79 Å². The fraction of sp³-hybridized carbons (Fsp3) is 0.562. The predicted molar refractivity (Wildman–Crippen MR) is 76.8 cm³/mol. The molecule has 1 amide bonds. The Morgan fingerprint density at radius 3 is 2.68 bits per heavy atom. The summed E-state index contributed by atoms with van der Waals surface area (Å²) in [6.07, 6.45) is 6.29. The average molecular weight is 261 g/mol. The number of carbonyl (C=O) groups is 1. The summed E-state index contributed by atoms with van der Waals surface area (Å²) in [6.45, 7) is 2.59. The molecule has 1 aromatic carbocycles. The van der Waals surface area contributed by atoms with Gasteiger partial charge in [-0.25, -0.2) is 0 Å². The van der Waals surface area contributed by atoms with Crippen LogP contribution in [-0.4, -0.2) is 19.6 Å². The number of rotatable bonds is 4. The highest BCUT2D eigenvalue weighted by Crippen LogP contribution is 2.37. The molecular formula is C16H23NO2. The lowest BCUT2D eigenvalue weighted by atomic mass is 9.83. The van der Waals surface area contributed by atoms with Gasteiger partial charge in [0.25, 0.3) is 5.91 Å². The van der Waals surface area contributed by atoms with Crippen LogP contribution >= 0.6 is 0 Å². The fourth-order valence-electron chi connectivity index (χ4n) is 2.87. The van der Waals surface area contributed by atoms with E-state index >= 15 is 0 Å². The molecule has 1 N–H and O–H groups in total. The van der Waals surface area contributed by atoms with E-state index in [1.54, 1.807) is 7.11 Å². The third-order valence-electron chi connectivity index (χ3n) is 3.87. The van der Waals surface area contributed by atoms with Crippen LogP contribution in [0.15, 0.2) is 18.2 Å². The van der Waals surface area contributed by atoms with Gasteiger partial charge in [0.1, 0.15) is 5.75 Å². The van der Waals surface area contributed by atoms with E-state index in [0.29, 0.717) is 12.5 Å². The molecule has 0 aliphatic heterocycles. The van der Waals surface area contributed by atoms with Crippen LogP contribution in [0, 0.1) is 0 Å². The summed E-state index contributed by atoms with van der Waals surface area (Å²) in [6, 6.07) is 5.78. The molecule has 0 aromatic heterocycles. The number of benzene rings is 1. The molecule has 3 heteroatoms. The second-order valence-corrected chi connectivity index (χ2v) is 5.15. The number of amides is 1. The summed E-state index contributed by atoms with van der Waals surface area (Å²) in [5, 5.41) is 2.85. The lowest BCUT2D eigenvalue weighted by Gasteiger charge is -2.24. The van der Waals surface area contributed by atoms with Crippen LogP contribution in [0.4, 0.5) is 0 Å². The highest BCUT2D eigenvalue weighted by molar-refractivity contribution is 5.94. The molecule has 0 unspecified atom stereocenters. The summed E-state index contributed by atoms with van der Waals surface area (Å²) in [4.78, 5) is 11.9. The summed E-state index contributed by atoms with van der Waals surface area (Å²) < 4.78 is 5.46. The first kappa shape index (κ1) is 13.9. The first-order valence-electron chi connectivity index (χ1n) is 7.22. The van der Waals surface area contributed by atoms with Crippen molar-refractivity contribution in [1.82, 2.24) is 5.32 Å². The van der Waals surface area contributed by atoms with Crippen molar-refractivity contribution in [2.75, 3.05) is 13.7 Å². The van der Waals surface area contributed by atoms with E-state index in [0.717, 1.165) is 11.3 Å². The number of methoxy groups -OCH3 is 1. The maximum absolute atomic E-state index is 11.9. The lowest BCUT2D eigenvalue weighted by molar-refractivity contribution is 0.0955. The molecule has 2 rings (SSSR count). The van der Waals surface area contributed by atoms with E-state index < -0.39 is 0 Å². The lowest BCUT2D eigenvalue weighted by Crippen LogP contribution is -2.23. The van der Waals surface area contributed by atoms with Gasteiger partial charge in [-0.15, -0.1) is 0 Å². The highest BCUT2D eigenvalue weighted by atomic mass is 16.5. The van der Waals surface area contributed by atoms with E-state index in [1.807, 2.05) is 25.1 Å². The van der Waals surface area contributed by atoms with Crippen LogP contribution in [0.1, 0.15) is 60.9 Å². The third kappa shape index (κ3) is 3.28. The van der Waals surface area contributed by atoms with Gasteiger partial charge >= 0.3 is 0 Å². The van der Waals surface area contributed by atoms with Crippen molar-refractivity contribution in [3.05, 3.63) is 29.3 Å². The topological polar surface area (TPSA) is 38.3 Å². The first-order valence-corrected chi connectivity index (χ1v) is 7.22. The summed E-state index contributed by atoms with van der Waals surface area (Å²) >= 11 is 0. The second kappa shape index (κ2) is 6.60. The Balaban J connectivity index is 2.27. The molecule has 19 heavy (non-hydrogen) atoms. The normalized spacial score (nSPS) is 16.1. The number of hydrogen-bond donors (Lipinski definition) is 1. The quantitative estimate of drug-likeness (QED) is 0.901.